The molecule has 4 aromatic rings. The van der Waals surface area contributed by atoms with Crippen LogP contribution in [-0.4, -0.2) is 48.6 Å². The third kappa shape index (κ3) is 5.03. The van der Waals surface area contributed by atoms with E-state index >= 15 is 0 Å². The molecule has 1 fully saturated rings. The number of amidine groups is 1. The Balaban J connectivity index is 1.54. The second kappa shape index (κ2) is 10.4. The highest BCUT2D eigenvalue weighted by Crippen LogP contribution is 2.36. The molecule has 0 aliphatic heterocycles. The van der Waals surface area contributed by atoms with Crippen LogP contribution in [0.15, 0.2) is 53.9 Å². The van der Waals surface area contributed by atoms with Crippen molar-refractivity contribution >= 4 is 40.7 Å². The summed E-state index contributed by atoms with van der Waals surface area (Å²) in [5.41, 5.74) is 7.95. The van der Waals surface area contributed by atoms with Crippen LogP contribution < -0.4 is 11.1 Å². The lowest BCUT2D eigenvalue weighted by Crippen LogP contribution is -2.39. The van der Waals surface area contributed by atoms with Gasteiger partial charge in [-0.3, -0.25) is 20.2 Å². The normalized spacial score (nSPS) is 18.1. The molecule has 4 heterocycles. The second-order valence-electron chi connectivity index (χ2n) is 8.69. The van der Waals surface area contributed by atoms with Crippen molar-refractivity contribution in [3.63, 3.8) is 0 Å². The topological polar surface area (TPSA) is 148 Å². The van der Waals surface area contributed by atoms with Gasteiger partial charge < -0.3 is 15.6 Å². The Hall–Kier alpha value is -4.25. The van der Waals surface area contributed by atoms with Gasteiger partial charge in [0.25, 0.3) is 5.91 Å². The van der Waals surface area contributed by atoms with Crippen molar-refractivity contribution in [1.82, 2.24) is 29.8 Å². The zero-order valence-corrected chi connectivity index (χ0v) is 20.4. The van der Waals surface area contributed by atoms with E-state index in [4.69, 9.17) is 22.7 Å². The number of nitrogens with two attached hydrogens (primary N) is 1. The van der Waals surface area contributed by atoms with E-state index in [0.717, 1.165) is 25.6 Å². The first-order valence-electron chi connectivity index (χ1n) is 11.7. The zero-order valence-electron chi connectivity index (χ0n) is 19.6. The number of imidazole rings is 1. The fraction of sp³-hybridized carbons (Fsp3) is 0.240. The number of halogens is 2. The Morgan fingerprint density at radius 3 is 2.86 bits per heavy atom. The third-order valence-corrected chi connectivity index (χ3v) is 6.55. The number of nitrogens with one attached hydrogen (secondary N) is 2. The minimum atomic E-state index is -0.496. The van der Waals surface area contributed by atoms with Crippen LogP contribution in [0.2, 0.25) is 5.02 Å². The number of aromatic nitrogens is 5. The van der Waals surface area contributed by atoms with Crippen molar-refractivity contribution in [3.05, 3.63) is 71.2 Å². The zero-order chi connectivity index (χ0) is 25.9. The molecule has 1 amide bonds. The van der Waals surface area contributed by atoms with E-state index in [1.807, 2.05) is 4.57 Å². The summed E-state index contributed by atoms with van der Waals surface area (Å²) >= 11 is 6.02. The van der Waals surface area contributed by atoms with Crippen molar-refractivity contribution in [1.29, 1.82) is 5.41 Å². The van der Waals surface area contributed by atoms with Crippen LogP contribution in [0.4, 0.5) is 4.39 Å². The number of carbonyl (C=O) groups excluding carboxylic acids is 1. The van der Waals surface area contributed by atoms with Crippen LogP contribution in [0.3, 0.4) is 0 Å². The Labute approximate surface area is 216 Å². The highest BCUT2D eigenvalue weighted by molar-refractivity contribution is 6.30. The lowest BCUT2D eigenvalue weighted by Gasteiger charge is -2.32. The van der Waals surface area contributed by atoms with E-state index < -0.39 is 5.82 Å². The molecular weight excluding hydrogens is 497 g/mol. The van der Waals surface area contributed by atoms with Crippen molar-refractivity contribution in [3.8, 4) is 11.5 Å². The molecule has 2 atom stereocenters. The number of hydrogen-bond acceptors (Lipinski definition) is 6. The molecule has 0 unspecified atom stereocenters. The van der Waals surface area contributed by atoms with E-state index in [2.05, 4.69) is 30.2 Å². The molecule has 5 rings (SSSR count). The minimum Gasteiger partial charge on any atom is -0.382 e. The fourth-order valence-corrected chi connectivity index (χ4v) is 4.84. The van der Waals surface area contributed by atoms with Crippen LogP contribution in [-0.2, 0) is 0 Å². The number of aliphatic imine (C=N–C) groups is 1. The van der Waals surface area contributed by atoms with Gasteiger partial charge in [0.05, 0.1) is 11.7 Å². The molecule has 0 saturated heterocycles. The highest BCUT2D eigenvalue weighted by atomic mass is 35.5. The van der Waals surface area contributed by atoms with Crippen LogP contribution >= 0.6 is 11.6 Å². The van der Waals surface area contributed by atoms with Crippen LogP contribution in [0, 0.1) is 11.2 Å². The standard InChI is InChI=1S/C25H23ClFN9O/c26-14-6-8-30-19(9-14)25(37)34-15-3-1-4-16(10-15)36-21-11-18(23(29)33-13-28)32-12-20(21)35-24(36)22-17(27)5-2-7-31-22/h2,5-9,11-13,15-16H,1,3-4,10H2,(H,34,37)(H3,28,29,33)/t15-,16+/m0/s1. The summed E-state index contributed by atoms with van der Waals surface area (Å²) in [6.45, 7) is 0. The predicted molar refractivity (Wildman–Crippen MR) is 138 cm³/mol. The van der Waals surface area contributed by atoms with Gasteiger partial charge >= 0.3 is 0 Å². The summed E-state index contributed by atoms with van der Waals surface area (Å²) in [5.74, 6) is -0.354. The number of carbonyl (C=O) groups is 1. The van der Waals surface area contributed by atoms with E-state index in [1.165, 1.54) is 30.6 Å². The Bertz CT molecular complexity index is 1520. The van der Waals surface area contributed by atoms with Gasteiger partial charge in [0.1, 0.15) is 28.9 Å². The number of rotatable bonds is 6. The van der Waals surface area contributed by atoms with Gasteiger partial charge in [-0.1, -0.05) is 11.6 Å². The van der Waals surface area contributed by atoms with Crippen LogP contribution in [0.5, 0.6) is 0 Å². The summed E-state index contributed by atoms with van der Waals surface area (Å²) < 4.78 is 16.8. The molecule has 4 N–H and O–H groups in total. The first-order chi connectivity index (χ1) is 17.9. The summed E-state index contributed by atoms with van der Waals surface area (Å²) in [6, 6.07) is 7.47. The van der Waals surface area contributed by atoms with E-state index in [-0.39, 0.29) is 35.2 Å². The SMILES string of the molecule is N=CN=C(N)c1cc2c(cn1)nc(-c1ncccc1F)n2[C@@H]1CCC[C@H](NC(=O)c2cc(Cl)ccn2)C1. The molecule has 188 valence electrons. The van der Waals surface area contributed by atoms with Gasteiger partial charge in [-0.05, 0) is 56.0 Å². The number of fused-ring (bicyclic) bond motifs is 1. The van der Waals surface area contributed by atoms with Gasteiger partial charge in [0.15, 0.2) is 17.5 Å². The van der Waals surface area contributed by atoms with Gasteiger partial charge in [-0.15, -0.1) is 0 Å². The van der Waals surface area contributed by atoms with Crippen LogP contribution in [0.1, 0.15) is 47.9 Å². The Morgan fingerprint density at radius 2 is 2.08 bits per heavy atom. The van der Waals surface area contributed by atoms with Gasteiger partial charge in [-0.2, -0.15) is 0 Å². The van der Waals surface area contributed by atoms with Crippen molar-refractivity contribution < 1.29 is 9.18 Å². The summed E-state index contributed by atoms with van der Waals surface area (Å²) in [4.78, 5) is 34.0. The van der Waals surface area contributed by atoms with Crippen LogP contribution in [0.25, 0.3) is 22.6 Å². The minimum absolute atomic E-state index is 0.0815. The number of nitrogens with zero attached hydrogens (tertiary/aromatic N) is 6. The summed E-state index contributed by atoms with van der Waals surface area (Å²) in [7, 11) is 0. The summed E-state index contributed by atoms with van der Waals surface area (Å²) in [6.07, 6.45) is 8.39. The molecule has 37 heavy (non-hydrogen) atoms. The predicted octanol–water partition coefficient (Wildman–Crippen LogP) is 3.91. The molecule has 0 spiro atoms. The molecule has 0 bridgehead atoms. The van der Waals surface area contributed by atoms with E-state index in [0.29, 0.717) is 34.0 Å². The molecule has 1 aliphatic carbocycles. The maximum Gasteiger partial charge on any atom is 0.270 e. The summed E-state index contributed by atoms with van der Waals surface area (Å²) in [5, 5.41) is 10.7. The number of hydrogen-bond donors (Lipinski definition) is 3. The lowest BCUT2D eigenvalue weighted by molar-refractivity contribution is 0.0916. The fourth-order valence-electron chi connectivity index (χ4n) is 4.68. The van der Waals surface area contributed by atoms with Gasteiger partial charge in [0, 0.05) is 29.5 Å². The first-order valence-corrected chi connectivity index (χ1v) is 12.1. The molecule has 1 aliphatic rings. The average molecular weight is 520 g/mol. The van der Waals surface area contributed by atoms with Crippen molar-refractivity contribution in [2.75, 3.05) is 0 Å². The monoisotopic (exact) mass is 519 g/mol. The molecular formula is C25H23ClFN9O. The largest absolute Gasteiger partial charge is 0.382 e. The van der Waals surface area contributed by atoms with Crippen molar-refractivity contribution in [2.24, 2.45) is 10.7 Å². The first kappa shape index (κ1) is 24.4. The lowest BCUT2D eigenvalue weighted by atomic mass is 9.90. The molecule has 0 radical (unpaired) electrons. The number of amides is 1. The quantitative estimate of drug-likeness (QED) is 0.260. The molecule has 1 saturated carbocycles. The molecule has 10 nitrogen and oxygen atoms in total. The van der Waals surface area contributed by atoms with Crippen molar-refractivity contribution in [2.45, 2.75) is 37.8 Å². The third-order valence-electron chi connectivity index (χ3n) is 6.31. The van der Waals surface area contributed by atoms with Gasteiger partial charge in [-0.25, -0.2) is 19.4 Å². The smallest absolute Gasteiger partial charge is 0.270 e. The highest BCUT2D eigenvalue weighted by Gasteiger charge is 2.30. The maximum atomic E-state index is 14.9. The second-order valence-corrected chi connectivity index (χ2v) is 9.13. The Kier molecular flexibility index (Phi) is 6.87. The Morgan fingerprint density at radius 1 is 1.22 bits per heavy atom. The molecule has 0 aromatic carbocycles. The van der Waals surface area contributed by atoms with Gasteiger partial charge in [0.2, 0.25) is 0 Å². The molecule has 12 heteroatoms. The maximum absolute atomic E-state index is 14.9. The van der Waals surface area contributed by atoms with E-state index in [1.54, 1.807) is 18.3 Å². The molecule has 4 aromatic heterocycles. The average Bonchev–Trinajstić information content (AvgIpc) is 3.28. The number of pyridine rings is 3. The van der Waals surface area contributed by atoms with E-state index in [9.17, 15) is 9.18 Å².